The predicted octanol–water partition coefficient (Wildman–Crippen LogP) is 5.17. The van der Waals surface area contributed by atoms with Gasteiger partial charge in [0.05, 0.1) is 24.4 Å². The predicted molar refractivity (Wildman–Crippen MR) is 114 cm³/mol. The number of rotatable bonds is 5. The number of nitrogens with one attached hydrogen (secondary N) is 1. The van der Waals surface area contributed by atoms with Gasteiger partial charge in [0.1, 0.15) is 11.6 Å². The summed E-state index contributed by atoms with van der Waals surface area (Å²) in [6.07, 6.45) is 1.56. The van der Waals surface area contributed by atoms with Crippen molar-refractivity contribution >= 4 is 11.6 Å². The van der Waals surface area contributed by atoms with Gasteiger partial charge >= 0.3 is 6.03 Å². The molecule has 7 nitrogen and oxygen atoms in total. The lowest BCUT2D eigenvalue weighted by molar-refractivity contribution is 0.199. The Morgan fingerprint density at radius 3 is 2.56 bits per heavy atom. The third-order valence-corrected chi connectivity index (χ3v) is 5.38. The molecule has 1 unspecified atom stereocenters. The fourth-order valence-electron chi connectivity index (χ4n) is 3.75. The van der Waals surface area contributed by atoms with Gasteiger partial charge in [-0.2, -0.15) is 4.98 Å². The van der Waals surface area contributed by atoms with E-state index < -0.39 is 6.04 Å². The summed E-state index contributed by atoms with van der Waals surface area (Å²) in [5, 5.41) is 7.11. The average molecular weight is 430 g/mol. The van der Waals surface area contributed by atoms with Gasteiger partial charge in [-0.3, -0.25) is 4.90 Å². The van der Waals surface area contributed by atoms with Gasteiger partial charge in [-0.1, -0.05) is 47.6 Å². The molecule has 0 aliphatic carbocycles. The van der Waals surface area contributed by atoms with Crippen molar-refractivity contribution in [1.29, 1.82) is 0 Å². The van der Waals surface area contributed by atoms with E-state index in [-0.39, 0.29) is 24.3 Å². The van der Waals surface area contributed by atoms with Crippen LogP contribution in [0.3, 0.4) is 0 Å². The molecule has 0 bridgehead atoms. The summed E-state index contributed by atoms with van der Waals surface area (Å²) < 4.78 is 24.6. The van der Waals surface area contributed by atoms with Crippen LogP contribution >= 0.6 is 0 Å². The number of nitrogens with zero attached hydrogens (tertiary/aromatic N) is 3. The van der Waals surface area contributed by atoms with Crippen LogP contribution in [0.5, 0.6) is 0 Å². The number of halogens is 1. The zero-order valence-electron chi connectivity index (χ0n) is 17.2. The van der Waals surface area contributed by atoms with Crippen molar-refractivity contribution in [2.24, 2.45) is 0 Å². The van der Waals surface area contributed by atoms with Crippen LogP contribution in [0.2, 0.25) is 0 Å². The first-order valence-corrected chi connectivity index (χ1v) is 10.1. The highest BCUT2D eigenvalue weighted by Crippen LogP contribution is 2.37. The van der Waals surface area contributed by atoms with E-state index in [9.17, 15) is 9.18 Å². The molecule has 2 aromatic carbocycles. The third kappa shape index (κ3) is 3.66. The van der Waals surface area contributed by atoms with Gasteiger partial charge in [-0.25, -0.2) is 9.18 Å². The van der Waals surface area contributed by atoms with Crippen LogP contribution in [-0.2, 0) is 6.54 Å². The third-order valence-electron chi connectivity index (χ3n) is 5.38. The van der Waals surface area contributed by atoms with Crippen LogP contribution in [0, 0.1) is 5.82 Å². The molecule has 0 saturated heterocycles. The first kappa shape index (κ1) is 19.7. The minimum absolute atomic E-state index is 0.240. The number of hydrogen-bond donors (Lipinski definition) is 1. The summed E-state index contributed by atoms with van der Waals surface area (Å²) in [4.78, 5) is 19.1. The van der Waals surface area contributed by atoms with Crippen LogP contribution < -0.4 is 5.32 Å². The molecule has 8 heteroatoms. The number of amides is 2. The molecule has 0 spiro atoms. The molecule has 1 aliphatic heterocycles. The lowest BCUT2D eigenvalue weighted by Gasteiger charge is -2.34. The van der Waals surface area contributed by atoms with E-state index in [1.54, 1.807) is 35.4 Å². The second-order valence-corrected chi connectivity index (χ2v) is 7.39. The molecule has 3 heterocycles. The van der Waals surface area contributed by atoms with Crippen molar-refractivity contribution in [3.05, 3.63) is 102 Å². The summed E-state index contributed by atoms with van der Waals surface area (Å²) in [6.45, 7) is 2.06. The molecule has 0 saturated carbocycles. The molecule has 4 aromatic rings. The second kappa shape index (κ2) is 8.14. The minimum Gasteiger partial charge on any atom is -0.467 e. The normalized spacial score (nSPS) is 16.4. The largest absolute Gasteiger partial charge is 0.467 e. The number of furan rings is 1. The number of allylic oxidation sites excluding steroid dienone is 1. The van der Waals surface area contributed by atoms with Crippen molar-refractivity contribution in [3.63, 3.8) is 0 Å². The van der Waals surface area contributed by atoms with Crippen molar-refractivity contribution < 1.29 is 18.1 Å². The summed E-state index contributed by atoms with van der Waals surface area (Å²) in [5.41, 5.74) is 2.79. The van der Waals surface area contributed by atoms with Crippen molar-refractivity contribution in [3.8, 4) is 11.4 Å². The number of urea groups is 1. The zero-order valence-corrected chi connectivity index (χ0v) is 17.2. The molecule has 0 fully saturated rings. The van der Waals surface area contributed by atoms with Crippen LogP contribution in [-0.4, -0.2) is 21.1 Å². The van der Waals surface area contributed by atoms with Gasteiger partial charge in [-0.15, -0.1) is 0 Å². The fourth-order valence-corrected chi connectivity index (χ4v) is 3.75. The SMILES string of the molecule is CC1=C(c2nc(-c3ccccc3)no2)C(c2ccc(F)cc2)NC(=O)N1Cc1ccco1. The first-order valence-electron chi connectivity index (χ1n) is 10.1. The highest BCUT2D eigenvalue weighted by atomic mass is 19.1. The first-order chi connectivity index (χ1) is 15.6. The highest BCUT2D eigenvalue weighted by molar-refractivity contribution is 5.86. The van der Waals surface area contributed by atoms with Gasteiger partial charge in [-0.05, 0) is 36.8 Å². The molecule has 32 heavy (non-hydrogen) atoms. The van der Waals surface area contributed by atoms with Gasteiger partial charge in [0.25, 0.3) is 5.89 Å². The topological polar surface area (TPSA) is 84.4 Å². The van der Waals surface area contributed by atoms with Crippen LogP contribution in [0.1, 0.15) is 30.2 Å². The maximum atomic E-state index is 13.5. The number of carbonyl (C=O) groups excluding carboxylic acids is 1. The molecule has 2 aromatic heterocycles. The Labute approximate surface area is 183 Å². The maximum Gasteiger partial charge on any atom is 0.322 e. The molecule has 0 radical (unpaired) electrons. The summed E-state index contributed by atoms with van der Waals surface area (Å²) in [7, 11) is 0. The summed E-state index contributed by atoms with van der Waals surface area (Å²) in [5.74, 6) is 0.990. The molecular weight excluding hydrogens is 411 g/mol. The Bertz CT molecular complexity index is 1260. The van der Waals surface area contributed by atoms with Gasteiger partial charge < -0.3 is 14.3 Å². The zero-order chi connectivity index (χ0) is 22.1. The van der Waals surface area contributed by atoms with E-state index in [0.29, 0.717) is 28.4 Å². The Balaban J connectivity index is 1.60. The van der Waals surface area contributed by atoms with Crippen LogP contribution in [0.15, 0.2) is 87.6 Å². The molecular formula is C24H19FN4O3. The van der Waals surface area contributed by atoms with Gasteiger partial charge in [0.15, 0.2) is 0 Å². The van der Waals surface area contributed by atoms with E-state index in [0.717, 1.165) is 5.56 Å². The second-order valence-electron chi connectivity index (χ2n) is 7.39. The quantitative estimate of drug-likeness (QED) is 0.472. The van der Waals surface area contributed by atoms with Crippen molar-refractivity contribution in [1.82, 2.24) is 20.4 Å². The van der Waals surface area contributed by atoms with E-state index in [1.165, 1.54) is 12.1 Å². The van der Waals surface area contributed by atoms with E-state index >= 15 is 0 Å². The molecule has 1 N–H and O–H groups in total. The molecule has 5 rings (SSSR count). The van der Waals surface area contributed by atoms with Crippen molar-refractivity contribution in [2.45, 2.75) is 19.5 Å². The molecule has 2 amide bonds. The van der Waals surface area contributed by atoms with Crippen LogP contribution in [0.4, 0.5) is 9.18 Å². The minimum atomic E-state index is -0.583. The monoisotopic (exact) mass is 430 g/mol. The van der Waals surface area contributed by atoms with Gasteiger partial charge in [0, 0.05) is 11.3 Å². The smallest absolute Gasteiger partial charge is 0.322 e. The lowest BCUT2D eigenvalue weighted by atomic mass is 9.94. The Hall–Kier alpha value is -4.20. The number of aromatic nitrogens is 2. The Morgan fingerprint density at radius 1 is 1.06 bits per heavy atom. The summed E-state index contributed by atoms with van der Waals surface area (Å²) in [6, 6.07) is 18.1. The van der Waals surface area contributed by atoms with Crippen molar-refractivity contribution in [2.75, 3.05) is 0 Å². The van der Waals surface area contributed by atoms with E-state index in [4.69, 9.17) is 8.94 Å². The van der Waals surface area contributed by atoms with E-state index in [2.05, 4.69) is 15.5 Å². The van der Waals surface area contributed by atoms with E-state index in [1.807, 2.05) is 37.3 Å². The lowest BCUT2D eigenvalue weighted by Crippen LogP contribution is -2.45. The molecule has 160 valence electrons. The van der Waals surface area contributed by atoms with Gasteiger partial charge in [0.2, 0.25) is 5.82 Å². The standard InChI is InChI=1S/C24H19FN4O3/c1-15-20(23-27-22(28-32-23)17-6-3-2-4-7-17)21(16-9-11-18(25)12-10-16)26-24(30)29(15)14-19-8-5-13-31-19/h2-13,21H,14H2,1H3,(H,26,30). The number of hydrogen-bond acceptors (Lipinski definition) is 5. The Kier molecular flexibility index (Phi) is 5.03. The van der Waals surface area contributed by atoms with Crippen LogP contribution in [0.25, 0.3) is 17.0 Å². The number of carbonyl (C=O) groups is 1. The average Bonchev–Trinajstić information content (AvgIpc) is 3.50. The maximum absolute atomic E-state index is 13.5. The highest BCUT2D eigenvalue weighted by Gasteiger charge is 2.36. The Morgan fingerprint density at radius 2 is 1.84 bits per heavy atom. The molecule has 1 atom stereocenters. The molecule has 1 aliphatic rings. The number of benzene rings is 2. The summed E-state index contributed by atoms with van der Waals surface area (Å²) >= 11 is 0. The fraction of sp³-hybridized carbons (Fsp3) is 0.125.